The minimum atomic E-state index is -1.89. The van der Waals surface area contributed by atoms with E-state index in [2.05, 4.69) is 21.3 Å². The number of hydrogen-bond donors (Lipinski definition) is 15. The van der Waals surface area contributed by atoms with Crippen molar-refractivity contribution in [2.45, 2.75) is 62.3 Å². The molecule has 4 rings (SSSR count). The van der Waals surface area contributed by atoms with Gasteiger partial charge < -0.3 is 97.0 Å². The third-order valence-corrected chi connectivity index (χ3v) is 25.3. The second-order valence-corrected chi connectivity index (χ2v) is 40.7. The molecule has 4 aliphatic heterocycles. The van der Waals surface area contributed by atoms with E-state index in [-0.39, 0.29) is 272 Å². The van der Waals surface area contributed by atoms with E-state index in [4.69, 9.17) is 0 Å². The number of nitrogens with zero attached hydrogens (tertiary/aromatic N) is 20. The van der Waals surface area contributed by atoms with Crippen molar-refractivity contribution in [3.05, 3.63) is 0 Å². The zero-order chi connectivity index (χ0) is 111. The first-order valence-corrected chi connectivity index (χ1v) is 50.8. The summed E-state index contributed by atoms with van der Waals surface area (Å²) in [5.41, 5.74) is -1.89. The fourth-order valence-electron chi connectivity index (χ4n) is 17.6. The van der Waals surface area contributed by atoms with Crippen molar-refractivity contribution in [3.8, 4) is 0 Å². The van der Waals surface area contributed by atoms with Crippen LogP contribution in [0.25, 0.3) is 0 Å². The lowest BCUT2D eigenvalue weighted by Gasteiger charge is -2.37. The van der Waals surface area contributed by atoms with Gasteiger partial charge in [0.25, 0.3) is 0 Å². The first-order valence-electron chi connectivity index (χ1n) is 50.8. The molecule has 0 spiro atoms. The molecular formula is C94H166N24O31. The molecule has 0 bridgehead atoms. The fourth-order valence-corrected chi connectivity index (χ4v) is 17.6. The Kier molecular flexibility index (Phi) is 60.7. The molecule has 848 valence electrons. The van der Waals surface area contributed by atoms with E-state index >= 15 is 38.4 Å². The molecule has 4 heterocycles. The Bertz CT molecular complexity index is 3660. The van der Waals surface area contributed by atoms with Crippen molar-refractivity contribution in [2.75, 3.05) is 393 Å². The molecule has 0 atom stereocenters. The van der Waals surface area contributed by atoms with Crippen LogP contribution in [0, 0.1) is 29.1 Å². The van der Waals surface area contributed by atoms with Crippen LogP contribution in [0.15, 0.2) is 0 Å². The van der Waals surface area contributed by atoms with Crippen molar-refractivity contribution in [3.63, 3.8) is 0 Å². The summed E-state index contributed by atoms with van der Waals surface area (Å²) in [7, 11) is 0. The van der Waals surface area contributed by atoms with Crippen LogP contribution in [-0.4, -0.2) is 666 Å². The lowest BCUT2D eigenvalue weighted by molar-refractivity contribution is -0.141. The van der Waals surface area contributed by atoms with Crippen LogP contribution in [0.4, 0.5) is 0 Å². The number of ketones is 1. The molecule has 0 aromatic carbocycles. The summed E-state index contributed by atoms with van der Waals surface area (Å²) in [6, 6.07) is 0. The summed E-state index contributed by atoms with van der Waals surface area (Å²) in [4.78, 5) is 300. The van der Waals surface area contributed by atoms with Crippen LogP contribution in [0.3, 0.4) is 0 Å². The van der Waals surface area contributed by atoms with Crippen LogP contribution in [-0.2, 0) is 95.9 Å². The lowest BCUT2D eigenvalue weighted by atomic mass is 9.86. The summed E-state index contributed by atoms with van der Waals surface area (Å²) in [6.07, 6.45) is 0. The van der Waals surface area contributed by atoms with Crippen LogP contribution in [0.1, 0.15) is 62.3 Å². The molecule has 15 N–H and O–H groups in total. The number of carboxylic acids is 11. The highest BCUT2D eigenvalue weighted by atomic mass is 16.4. The number of carbonyl (C=O) groups is 20. The normalized spacial score (nSPS) is 18.0. The summed E-state index contributed by atoms with van der Waals surface area (Å²) >= 11 is 0. The molecule has 0 aliphatic carbocycles. The highest BCUT2D eigenvalue weighted by molar-refractivity contribution is 5.89. The number of carboxylic acid groups (broad SMARTS) is 11. The fraction of sp³-hybridized carbons (Fsp3) is 0.787. The number of Topliss-reactive ketones (excluding diaryl/α,β-unsaturated/α-hetero) is 1. The van der Waals surface area contributed by atoms with Crippen molar-refractivity contribution in [1.29, 1.82) is 0 Å². The van der Waals surface area contributed by atoms with E-state index < -0.39 is 269 Å². The predicted octanol–water partition coefficient (Wildman–Crippen LogP) is -9.22. The quantitative estimate of drug-likeness (QED) is 0.0269. The van der Waals surface area contributed by atoms with Gasteiger partial charge in [-0.25, -0.2) is 0 Å². The van der Waals surface area contributed by atoms with Crippen molar-refractivity contribution in [1.82, 2.24) is 119 Å². The van der Waals surface area contributed by atoms with Crippen molar-refractivity contribution in [2.24, 2.45) is 29.1 Å². The Hall–Kier alpha value is -11.0. The van der Waals surface area contributed by atoms with E-state index in [9.17, 15) is 114 Å². The maximum absolute atomic E-state index is 15.3. The van der Waals surface area contributed by atoms with Crippen LogP contribution in [0.2, 0.25) is 0 Å². The van der Waals surface area contributed by atoms with Gasteiger partial charge in [-0.3, -0.25) is 174 Å². The maximum atomic E-state index is 15.3. The third kappa shape index (κ3) is 59.4. The molecule has 4 saturated heterocycles. The second-order valence-electron chi connectivity index (χ2n) is 40.7. The highest BCUT2D eigenvalue weighted by Gasteiger charge is 2.38. The monoisotopic (exact) mass is 2130 g/mol. The van der Waals surface area contributed by atoms with Crippen LogP contribution >= 0.6 is 0 Å². The van der Waals surface area contributed by atoms with Gasteiger partial charge in [0, 0.05) is 267 Å². The number of hydrogen-bond acceptors (Lipinski definition) is 36. The van der Waals surface area contributed by atoms with Crippen LogP contribution in [0.5, 0.6) is 0 Å². The van der Waals surface area contributed by atoms with E-state index in [1.54, 1.807) is 134 Å². The maximum Gasteiger partial charge on any atom is 0.317 e. The predicted molar refractivity (Wildman–Crippen MR) is 538 cm³/mol. The Morgan fingerprint density at radius 3 is 0.403 bits per heavy atom. The topological polar surface area (TPSA) is 677 Å². The number of carbonyl (C=O) groups excluding carboxylic acids is 9. The third-order valence-electron chi connectivity index (χ3n) is 25.3. The van der Waals surface area contributed by atoms with Gasteiger partial charge in [-0.05, 0) is 30.6 Å². The Labute approximate surface area is 870 Å². The van der Waals surface area contributed by atoms with E-state index in [0.717, 1.165) is 0 Å². The molecule has 55 nitrogen and oxygen atoms in total. The molecule has 55 heteroatoms. The van der Waals surface area contributed by atoms with Gasteiger partial charge in [0.15, 0.2) is 0 Å². The average Bonchev–Trinajstić information content (AvgIpc) is 0.836. The van der Waals surface area contributed by atoms with Gasteiger partial charge in [0.05, 0.1) is 131 Å². The number of rotatable bonds is 56. The summed E-state index contributed by atoms with van der Waals surface area (Å²) < 4.78 is 0. The molecule has 0 saturated carbocycles. The molecule has 4 aliphatic rings. The van der Waals surface area contributed by atoms with Gasteiger partial charge >= 0.3 is 65.7 Å². The first-order chi connectivity index (χ1) is 70.1. The minimum absolute atomic E-state index is 0.0126. The molecule has 8 amide bonds. The van der Waals surface area contributed by atoms with Gasteiger partial charge in [-0.15, -0.1) is 0 Å². The average molecular weight is 2130 g/mol. The largest absolute Gasteiger partial charge is 0.480 e. The minimum Gasteiger partial charge on any atom is -0.480 e. The highest BCUT2D eigenvalue weighted by Crippen LogP contribution is 2.18. The molecule has 149 heavy (non-hydrogen) atoms. The molecule has 0 aromatic heterocycles. The van der Waals surface area contributed by atoms with E-state index in [1.807, 2.05) is 0 Å². The first kappa shape index (κ1) is 130. The summed E-state index contributed by atoms with van der Waals surface area (Å²) in [6.45, 7) is 5.42. The molecule has 0 unspecified atom stereocenters. The zero-order valence-corrected chi connectivity index (χ0v) is 88.3. The molecule has 4 fully saturated rings. The zero-order valence-electron chi connectivity index (χ0n) is 88.3. The SMILES string of the molecule is CC(=O)CN1CCN(CC(=O)O)CCN(CC(=O)N(CC(=O)NCC(CNC(=O)CN(CC(C)C)C(=O)CN2CCN(CC(=O)O)CCN(CC(=O)O)CCN(CC(=O)O)CC2)(CNC(=O)CN(CC(C)C)C(=O)CN2CCN(CC(=O)O)CCN(CC(=O)O)CCN(CC(=O)O)CC2)CNC(=O)CN(CC(C)C)C(=O)CN2CCN(CC(=O)O)CCN(CC(=O)O)CCN(CC(=O)O)CC2)CC(C)C)CCN(CC(=O)O)CC1. The Balaban J connectivity index is 2.00. The lowest BCUT2D eigenvalue weighted by Crippen LogP contribution is -2.59. The number of nitrogens with one attached hydrogen (secondary N) is 4. The van der Waals surface area contributed by atoms with Crippen molar-refractivity contribution < 1.29 is 152 Å². The molecule has 0 radical (unpaired) electrons. The number of aliphatic carboxylic acids is 11. The smallest absolute Gasteiger partial charge is 0.317 e. The summed E-state index contributed by atoms with van der Waals surface area (Å²) in [5.74, 6) is -20.5. The van der Waals surface area contributed by atoms with E-state index in [1.165, 1.54) is 26.5 Å². The van der Waals surface area contributed by atoms with Gasteiger partial charge in [0.1, 0.15) is 5.78 Å². The molecular weight excluding hydrogens is 1960 g/mol. The summed E-state index contributed by atoms with van der Waals surface area (Å²) in [5, 5.41) is 121. The molecule has 0 aromatic rings. The van der Waals surface area contributed by atoms with Gasteiger partial charge in [-0.1, -0.05) is 55.4 Å². The van der Waals surface area contributed by atoms with E-state index in [0.29, 0.717) is 0 Å². The standard InChI is InChI=1S/C94H166N24O31/c1-70(2)42-115(79(124)51-100-12-22-104(55-83(128)129)20-10-99(46-74(9)119)11-21-105(23-13-100)56-84(130)131)47-75(120)95-66-94(67-96-76(121)48-116(43-71(3)4)80(125)52-101-14-24-106(57-85(132)133)30-36-112(63-91(144)145)37-31-107(25-15-101)58-86(134)135,68-97-77(122)49-117(44-72(5)6)81(126)53-102-16-26-108(59-87(136)137)32-38-113(64-92(146)147)39-33-109(27-17-102)60-88(138)139)69-98-78(123)50-118(45-73(7)8)82(127)54-103-18-28-110(61-89(140)141)34-40-114(65-93(148)149)41-35-111(29-19-103)62-90(142)143/h70-73H,10-69H2,1-9H3,(H,95,120)(H,96,121)(H,97,122)(H,98,123)(H,128,129)(H,130,131)(H,132,133)(H,134,135)(H,136,137)(H,138,139)(H,140,141)(H,142,143)(H,144,145)(H,146,147)(H,148,149). The Morgan fingerprint density at radius 2 is 0.302 bits per heavy atom. The van der Waals surface area contributed by atoms with Gasteiger partial charge in [0.2, 0.25) is 47.3 Å². The number of amides is 8. The van der Waals surface area contributed by atoms with Crippen LogP contribution < -0.4 is 21.3 Å². The van der Waals surface area contributed by atoms with Gasteiger partial charge in [-0.2, -0.15) is 0 Å². The second kappa shape index (κ2) is 69.4. The van der Waals surface area contributed by atoms with Crippen molar-refractivity contribution >= 4 is 119 Å². The Morgan fingerprint density at radius 1 is 0.195 bits per heavy atom.